The average Bonchev–Trinajstić information content (AvgIpc) is 2.74. The van der Waals surface area contributed by atoms with Crippen LogP contribution in [0.4, 0.5) is 0 Å². The Hall–Kier alpha value is -0.610. The molecule has 4 heteroatoms. The molecule has 202 valence electrons. The smallest absolute Gasteiger partial charge is 0.293 e. The molecular formula is C31H54O4. The molecule has 0 aliphatic heterocycles. The molecule has 2 N–H and O–H groups in total. The Kier molecular flexibility index (Phi) is 6.83. The van der Waals surface area contributed by atoms with Crippen molar-refractivity contribution in [3.63, 3.8) is 0 Å². The van der Waals surface area contributed by atoms with Crippen molar-refractivity contribution in [1.29, 1.82) is 0 Å². The molecule has 4 aliphatic carbocycles. The third-order valence-electron chi connectivity index (χ3n) is 12.8. The first-order valence-corrected chi connectivity index (χ1v) is 14.5. The van der Waals surface area contributed by atoms with Crippen LogP contribution in [0.1, 0.15) is 126 Å². The Morgan fingerprint density at radius 3 is 2.20 bits per heavy atom. The molecule has 0 aromatic carbocycles. The maximum Gasteiger partial charge on any atom is 0.293 e. The summed E-state index contributed by atoms with van der Waals surface area (Å²) < 4.78 is 5.97. The van der Waals surface area contributed by atoms with Crippen molar-refractivity contribution in [2.24, 2.45) is 44.8 Å². The molecule has 0 aromatic rings. The van der Waals surface area contributed by atoms with Crippen LogP contribution < -0.4 is 0 Å². The lowest BCUT2D eigenvalue weighted by atomic mass is 9.36. The van der Waals surface area contributed by atoms with Crippen molar-refractivity contribution in [3.05, 3.63) is 0 Å². The Morgan fingerprint density at radius 2 is 1.57 bits per heavy atom. The van der Waals surface area contributed by atoms with Gasteiger partial charge in [-0.25, -0.2) is 0 Å². The molecule has 0 amide bonds. The van der Waals surface area contributed by atoms with E-state index in [4.69, 9.17) is 4.74 Å². The predicted molar refractivity (Wildman–Crippen MR) is 141 cm³/mol. The highest BCUT2D eigenvalue weighted by atomic mass is 16.5. The highest BCUT2D eigenvalue weighted by Gasteiger charge is 2.66. The molecular weight excluding hydrogens is 436 g/mol. The van der Waals surface area contributed by atoms with E-state index in [2.05, 4.69) is 48.5 Å². The van der Waals surface area contributed by atoms with Crippen LogP contribution in [0.25, 0.3) is 0 Å². The summed E-state index contributed by atoms with van der Waals surface area (Å²) >= 11 is 0. The highest BCUT2D eigenvalue weighted by Crippen LogP contribution is 2.72. The van der Waals surface area contributed by atoms with Gasteiger partial charge in [0, 0.05) is 0 Å². The fourth-order valence-corrected chi connectivity index (χ4v) is 10.4. The molecule has 4 rings (SSSR count). The first-order chi connectivity index (χ1) is 16.1. The van der Waals surface area contributed by atoms with Crippen molar-refractivity contribution >= 4 is 6.47 Å². The van der Waals surface area contributed by atoms with Gasteiger partial charge in [-0.15, -0.1) is 0 Å². The van der Waals surface area contributed by atoms with Gasteiger partial charge in [-0.2, -0.15) is 0 Å². The second-order valence-corrected chi connectivity index (χ2v) is 15.6. The van der Waals surface area contributed by atoms with Crippen molar-refractivity contribution in [2.75, 3.05) is 0 Å². The number of aliphatic hydroxyl groups is 2. The molecule has 4 saturated carbocycles. The molecule has 1 unspecified atom stereocenters. The predicted octanol–water partition coefficient (Wildman–Crippen LogP) is 6.91. The number of carbonyl (C=O) groups excluding carboxylic acids is 1. The van der Waals surface area contributed by atoms with Gasteiger partial charge < -0.3 is 14.9 Å². The average molecular weight is 491 g/mol. The van der Waals surface area contributed by atoms with Gasteiger partial charge in [0.05, 0.1) is 12.2 Å². The number of fused-ring (bicyclic) bond motifs is 2. The van der Waals surface area contributed by atoms with Crippen molar-refractivity contribution in [2.45, 2.75) is 144 Å². The van der Waals surface area contributed by atoms with Gasteiger partial charge in [-0.3, -0.25) is 4.79 Å². The number of hydrogen-bond donors (Lipinski definition) is 2. The molecule has 4 aliphatic rings. The van der Waals surface area contributed by atoms with E-state index < -0.39 is 0 Å². The van der Waals surface area contributed by atoms with Gasteiger partial charge in [0.2, 0.25) is 0 Å². The molecule has 0 saturated heterocycles. The van der Waals surface area contributed by atoms with Crippen molar-refractivity contribution in [1.82, 2.24) is 0 Å². The lowest BCUT2D eigenvalue weighted by Gasteiger charge is -2.69. The van der Waals surface area contributed by atoms with Crippen LogP contribution in [-0.2, 0) is 9.53 Å². The van der Waals surface area contributed by atoms with Crippen molar-refractivity contribution in [3.8, 4) is 0 Å². The Morgan fingerprint density at radius 1 is 0.914 bits per heavy atom. The Bertz CT molecular complexity index is 804. The summed E-state index contributed by atoms with van der Waals surface area (Å²) in [5.41, 5.74) is 0.238. The molecule has 0 aromatic heterocycles. The van der Waals surface area contributed by atoms with E-state index in [9.17, 15) is 15.0 Å². The van der Waals surface area contributed by atoms with Crippen molar-refractivity contribution < 1.29 is 19.7 Å². The second-order valence-electron chi connectivity index (χ2n) is 15.6. The maximum absolute atomic E-state index is 11.6. The molecule has 35 heavy (non-hydrogen) atoms. The van der Waals surface area contributed by atoms with Gasteiger partial charge in [0.15, 0.2) is 0 Å². The Balaban J connectivity index is 1.72. The van der Waals surface area contributed by atoms with Gasteiger partial charge in [0.1, 0.15) is 5.60 Å². The largest absolute Gasteiger partial charge is 0.461 e. The number of aliphatic hydroxyl groups excluding tert-OH is 2. The zero-order valence-electron chi connectivity index (χ0n) is 24.0. The van der Waals surface area contributed by atoms with E-state index in [1.165, 1.54) is 0 Å². The zero-order chi connectivity index (χ0) is 26.1. The van der Waals surface area contributed by atoms with Gasteiger partial charge in [0.25, 0.3) is 6.47 Å². The van der Waals surface area contributed by atoms with Gasteiger partial charge in [-0.05, 0) is 122 Å². The lowest BCUT2D eigenvalue weighted by molar-refractivity contribution is -0.228. The van der Waals surface area contributed by atoms with Crippen LogP contribution in [0.2, 0.25) is 0 Å². The minimum atomic E-state index is -0.330. The summed E-state index contributed by atoms with van der Waals surface area (Å²) in [5, 5.41) is 21.7. The second kappa shape index (κ2) is 8.72. The third-order valence-corrected chi connectivity index (χ3v) is 12.8. The van der Waals surface area contributed by atoms with E-state index in [0.29, 0.717) is 24.2 Å². The number of hydrogen-bond acceptors (Lipinski definition) is 4. The number of carbonyl (C=O) groups is 1. The van der Waals surface area contributed by atoms with Crippen LogP contribution in [0.5, 0.6) is 0 Å². The summed E-state index contributed by atoms with van der Waals surface area (Å²) in [4.78, 5) is 11.6. The zero-order valence-corrected chi connectivity index (χ0v) is 24.0. The molecule has 4 fully saturated rings. The van der Waals surface area contributed by atoms with Crippen LogP contribution >= 0.6 is 0 Å². The van der Waals surface area contributed by atoms with Gasteiger partial charge in [-0.1, -0.05) is 48.5 Å². The third kappa shape index (κ3) is 4.21. The summed E-state index contributed by atoms with van der Waals surface area (Å²) in [7, 11) is 0. The highest BCUT2D eigenvalue weighted by molar-refractivity contribution is 5.39. The van der Waals surface area contributed by atoms with Crippen LogP contribution in [0.3, 0.4) is 0 Å². The minimum Gasteiger partial charge on any atom is -0.461 e. The lowest BCUT2D eigenvalue weighted by Crippen LogP contribution is -2.64. The molecule has 4 nitrogen and oxygen atoms in total. The fraction of sp³-hybridized carbons (Fsp3) is 0.968. The Labute approximate surface area is 215 Å². The first-order valence-electron chi connectivity index (χ1n) is 14.5. The van der Waals surface area contributed by atoms with E-state index in [1.54, 1.807) is 0 Å². The molecule has 9 atom stereocenters. The number of rotatable bonds is 5. The fourth-order valence-electron chi connectivity index (χ4n) is 10.4. The molecule has 0 bridgehead atoms. The summed E-state index contributed by atoms with van der Waals surface area (Å²) in [6.45, 7) is 19.6. The normalized spacial score (nSPS) is 49.9. The summed E-state index contributed by atoms with van der Waals surface area (Å²) in [6, 6.07) is 0. The monoisotopic (exact) mass is 490 g/mol. The van der Waals surface area contributed by atoms with E-state index in [0.717, 1.165) is 70.6 Å². The summed E-state index contributed by atoms with van der Waals surface area (Å²) in [5.74, 6) is 1.27. The standard InChI is InChI=1S/C31H54O4/c1-21(33)17-24-29(7)11-10-25(34)27(4,5)23(29)9-12-30(24,8)28(6)14-16-31(35-20-32)15-13-26(2,3)18-22(31)19-28/h20-25,33-34H,9-19H2,1-8H3/t21-,22?,23-,24+,25-,28+,29-,30+,31-/m0/s1. The summed E-state index contributed by atoms with van der Waals surface area (Å²) in [6.07, 6.45) is 10.8. The minimum absolute atomic E-state index is 0.0981. The van der Waals surface area contributed by atoms with Gasteiger partial charge >= 0.3 is 0 Å². The maximum atomic E-state index is 11.6. The number of ether oxygens (including phenoxy) is 1. The van der Waals surface area contributed by atoms with E-state index in [-0.39, 0.29) is 44.9 Å². The van der Waals surface area contributed by atoms with E-state index >= 15 is 0 Å². The first kappa shape index (κ1) is 27.4. The quantitative estimate of drug-likeness (QED) is 0.411. The SMILES string of the molecule is C[C@H](O)C[C@@H]1[C@@]2(C)CC[C@H](O)C(C)(C)[C@@H]2CC[C@@]1(C)[C@]1(C)CC[C@@]2(OC=O)CCC(C)(C)CC2C1. The van der Waals surface area contributed by atoms with Crippen LogP contribution in [-0.4, -0.2) is 34.5 Å². The van der Waals surface area contributed by atoms with E-state index in [1.807, 2.05) is 6.92 Å². The molecule has 0 radical (unpaired) electrons. The topological polar surface area (TPSA) is 66.8 Å². The molecule has 0 heterocycles. The van der Waals surface area contributed by atoms with Crippen LogP contribution in [0.15, 0.2) is 0 Å². The molecule has 0 spiro atoms. The van der Waals surface area contributed by atoms with Crippen LogP contribution in [0, 0.1) is 44.8 Å².